The number of halogens is 1. The molecule has 8 heteroatoms. The lowest BCUT2D eigenvalue weighted by Gasteiger charge is -2.36. The first-order chi connectivity index (χ1) is 16.6. The number of hydrogen-bond acceptors (Lipinski definition) is 5. The lowest BCUT2D eigenvalue weighted by Crippen LogP contribution is -2.49. The lowest BCUT2D eigenvalue weighted by molar-refractivity contribution is 0.0734. The average molecular weight is 474 g/mol. The SMILES string of the molecule is COc1ccccc1N1CCN(C(=O)c2nc(-c3ccccc3)n(-c3ccc(Cl)cc3)n2)CC1. The van der Waals surface area contributed by atoms with E-state index in [1.54, 1.807) is 23.9 Å². The smallest absolute Gasteiger partial charge is 0.293 e. The number of carbonyl (C=O) groups is 1. The Balaban J connectivity index is 1.40. The molecule has 2 heterocycles. The van der Waals surface area contributed by atoms with Crippen molar-refractivity contribution in [2.75, 3.05) is 38.2 Å². The molecule has 34 heavy (non-hydrogen) atoms. The first kappa shape index (κ1) is 22.0. The molecule has 0 N–H and O–H groups in total. The van der Waals surface area contributed by atoms with Gasteiger partial charge in [0.25, 0.3) is 5.91 Å². The van der Waals surface area contributed by atoms with Crippen molar-refractivity contribution < 1.29 is 9.53 Å². The zero-order valence-corrected chi connectivity index (χ0v) is 19.5. The predicted molar refractivity (Wildman–Crippen MR) is 133 cm³/mol. The third-order valence-corrected chi connectivity index (χ3v) is 6.15. The predicted octanol–water partition coefficient (Wildman–Crippen LogP) is 4.56. The summed E-state index contributed by atoms with van der Waals surface area (Å²) < 4.78 is 7.19. The van der Waals surface area contributed by atoms with Gasteiger partial charge in [0.1, 0.15) is 5.75 Å². The minimum atomic E-state index is -0.176. The molecule has 1 aromatic heterocycles. The standard InChI is InChI=1S/C26H24ClN5O2/c1-34-23-10-6-5-9-22(23)30-15-17-31(18-16-30)26(33)24-28-25(19-7-3-2-4-8-19)32(29-24)21-13-11-20(27)12-14-21/h2-14H,15-18H2,1H3. The van der Waals surface area contributed by atoms with Crippen LogP contribution in [0.4, 0.5) is 5.69 Å². The number of nitrogens with zero attached hydrogens (tertiary/aromatic N) is 5. The summed E-state index contributed by atoms with van der Waals surface area (Å²) in [6, 6.07) is 25.0. The van der Waals surface area contributed by atoms with Crippen molar-refractivity contribution in [1.82, 2.24) is 19.7 Å². The fraction of sp³-hybridized carbons (Fsp3) is 0.192. The van der Waals surface area contributed by atoms with Crippen LogP contribution in [0.2, 0.25) is 5.02 Å². The van der Waals surface area contributed by atoms with Gasteiger partial charge >= 0.3 is 0 Å². The molecule has 0 unspecified atom stereocenters. The van der Waals surface area contributed by atoms with Crippen LogP contribution in [0.3, 0.4) is 0 Å². The van der Waals surface area contributed by atoms with Crippen LogP contribution in [0.5, 0.6) is 5.75 Å². The number of carbonyl (C=O) groups excluding carboxylic acids is 1. The lowest BCUT2D eigenvalue weighted by atomic mass is 10.2. The van der Waals surface area contributed by atoms with Gasteiger partial charge in [-0.15, -0.1) is 5.10 Å². The summed E-state index contributed by atoms with van der Waals surface area (Å²) in [5.74, 6) is 1.45. The van der Waals surface area contributed by atoms with Crippen LogP contribution in [0.25, 0.3) is 17.1 Å². The Morgan fingerprint density at radius 2 is 1.56 bits per heavy atom. The monoisotopic (exact) mass is 473 g/mol. The number of para-hydroxylation sites is 2. The van der Waals surface area contributed by atoms with Gasteiger partial charge in [-0.2, -0.15) is 0 Å². The molecule has 0 atom stereocenters. The Bertz CT molecular complexity index is 1280. The molecule has 1 saturated heterocycles. The highest BCUT2D eigenvalue weighted by atomic mass is 35.5. The average Bonchev–Trinajstić information content (AvgIpc) is 3.35. The van der Waals surface area contributed by atoms with Gasteiger partial charge in [0.2, 0.25) is 5.82 Å². The molecular weight excluding hydrogens is 450 g/mol. The van der Waals surface area contributed by atoms with Crippen molar-refractivity contribution in [3.8, 4) is 22.8 Å². The summed E-state index contributed by atoms with van der Waals surface area (Å²) in [5.41, 5.74) is 2.70. The van der Waals surface area contributed by atoms with Gasteiger partial charge in [0.05, 0.1) is 18.5 Å². The number of benzene rings is 3. The Kier molecular flexibility index (Phi) is 6.18. The third kappa shape index (κ3) is 4.34. The van der Waals surface area contributed by atoms with Gasteiger partial charge in [-0.25, -0.2) is 9.67 Å². The van der Waals surface area contributed by atoms with E-state index in [-0.39, 0.29) is 11.7 Å². The highest BCUT2D eigenvalue weighted by Gasteiger charge is 2.27. The molecule has 5 rings (SSSR count). The van der Waals surface area contributed by atoms with Crippen LogP contribution in [0.1, 0.15) is 10.6 Å². The molecule has 0 aliphatic carbocycles. The van der Waals surface area contributed by atoms with Crippen LogP contribution in [-0.4, -0.2) is 58.9 Å². The zero-order valence-electron chi connectivity index (χ0n) is 18.8. The van der Waals surface area contributed by atoms with Crippen LogP contribution in [0.15, 0.2) is 78.9 Å². The maximum atomic E-state index is 13.4. The zero-order chi connectivity index (χ0) is 23.5. The highest BCUT2D eigenvalue weighted by Crippen LogP contribution is 2.29. The molecule has 1 aliphatic rings. The molecule has 1 fully saturated rings. The highest BCUT2D eigenvalue weighted by molar-refractivity contribution is 6.30. The van der Waals surface area contributed by atoms with E-state index in [4.69, 9.17) is 16.3 Å². The fourth-order valence-electron chi connectivity index (χ4n) is 4.12. The minimum absolute atomic E-state index is 0.176. The number of rotatable bonds is 5. The first-order valence-electron chi connectivity index (χ1n) is 11.1. The fourth-order valence-corrected chi connectivity index (χ4v) is 4.25. The van der Waals surface area contributed by atoms with Gasteiger partial charge in [0, 0.05) is 36.8 Å². The second-order valence-electron chi connectivity index (χ2n) is 7.96. The van der Waals surface area contributed by atoms with Crippen LogP contribution in [-0.2, 0) is 0 Å². The molecule has 3 aromatic carbocycles. The van der Waals surface area contributed by atoms with Gasteiger partial charge < -0.3 is 14.5 Å². The second kappa shape index (κ2) is 9.57. The molecule has 0 spiro atoms. The van der Waals surface area contributed by atoms with Crippen molar-refractivity contribution >= 4 is 23.2 Å². The van der Waals surface area contributed by atoms with Crippen molar-refractivity contribution in [2.45, 2.75) is 0 Å². The molecule has 1 amide bonds. The summed E-state index contributed by atoms with van der Waals surface area (Å²) in [7, 11) is 1.67. The van der Waals surface area contributed by atoms with E-state index >= 15 is 0 Å². The maximum Gasteiger partial charge on any atom is 0.293 e. The second-order valence-corrected chi connectivity index (χ2v) is 8.40. The summed E-state index contributed by atoms with van der Waals surface area (Å²) in [6.45, 7) is 2.56. The van der Waals surface area contributed by atoms with Crippen molar-refractivity contribution in [2.24, 2.45) is 0 Å². The van der Waals surface area contributed by atoms with Crippen molar-refractivity contribution in [1.29, 1.82) is 0 Å². The molecule has 4 aromatic rings. The van der Waals surface area contributed by atoms with Crippen LogP contribution >= 0.6 is 11.6 Å². The first-order valence-corrected chi connectivity index (χ1v) is 11.5. The van der Waals surface area contributed by atoms with E-state index in [1.807, 2.05) is 71.6 Å². The van der Waals surface area contributed by atoms with E-state index in [1.165, 1.54) is 0 Å². The van der Waals surface area contributed by atoms with Crippen molar-refractivity contribution in [3.63, 3.8) is 0 Å². The molecule has 0 saturated carbocycles. The van der Waals surface area contributed by atoms with E-state index in [0.717, 1.165) is 22.7 Å². The topological polar surface area (TPSA) is 63.5 Å². The number of anilines is 1. The van der Waals surface area contributed by atoms with Gasteiger partial charge in [0.15, 0.2) is 5.82 Å². The van der Waals surface area contributed by atoms with E-state index in [0.29, 0.717) is 37.0 Å². The molecule has 1 aliphatic heterocycles. The Morgan fingerprint density at radius 1 is 0.882 bits per heavy atom. The van der Waals surface area contributed by atoms with E-state index in [9.17, 15) is 4.79 Å². The third-order valence-electron chi connectivity index (χ3n) is 5.89. The minimum Gasteiger partial charge on any atom is -0.495 e. The van der Waals surface area contributed by atoms with E-state index in [2.05, 4.69) is 15.0 Å². The number of aromatic nitrogens is 3. The Labute approximate surface area is 203 Å². The summed E-state index contributed by atoms with van der Waals surface area (Å²) in [4.78, 5) is 22.1. The van der Waals surface area contributed by atoms with Crippen LogP contribution in [0, 0.1) is 0 Å². The van der Waals surface area contributed by atoms with Crippen LogP contribution < -0.4 is 9.64 Å². The number of amides is 1. The molecule has 172 valence electrons. The normalized spacial score (nSPS) is 13.7. The van der Waals surface area contributed by atoms with Gasteiger partial charge in [-0.3, -0.25) is 4.79 Å². The number of ether oxygens (including phenoxy) is 1. The summed E-state index contributed by atoms with van der Waals surface area (Å²) in [5, 5.41) is 5.24. The molecular formula is C26H24ClN5O2. The molecule has 0 radical (unpaired) electrons. The molecule has 7 nitrogen and oxygen atoms in total. The number of methoxy groups -OCH3 is 1. The number of hydrogen-bond donors (Lipinski definition) is 0. The largest absolute Gasteiger partial charge is 0.495 e. The van der Waals surface area contributed by atoms with Gasteiger partial charge in [-0.1, -0.05) is 54.1 Å². The maximum absolute atomic E-state index is 13.4. The molecule has 0 bridgehead atoms. The summed E-state index contributed by atoms with van der Waals surface area (Å²) in [6.07, 6.45) is 0. The number of piperazine rings is 1. The summed E-state index contributed by atoms with van der Waals surface area (Å²) >= 11 is 6.07. The Hall–Kier alpha value is -3.84. The van der Waals surface area contributed by atoms with E-state index < -0.39 is 0 Å². The quantitative estimate of drug-likeness (QED) is 0.425. The van der Waals surface area contributed by atoms with Gasteiger partial charge in [-0.05, 0) is 36.4 Å². The Morgan fingerprint density at radius 3 is 2.26 bits per heavy atom. The van der Waals surface area contributed by atoms with Crippen molar-refractivity contribution in [3.05, 3.63) is 89.7 Å².